The highest BCUT2D eigenvalue weighted by atomic mass is 16.5. The number of amides is 1. The molecule has 1 amide bonds. The Kier molecular flexibility index (Phi) is 6.73. The third kappa shape index (κ3) is 4.66. The topological polar surface area (TPSA) is 66.8 Å². The van der Waals surface area contributed by atoms with Gasteiger partial charge in [-0.15, -0.1) is 0 Å². The van der Waals surface area contributed by atoms with E-state index in [1.54, 1.807) is 23.1 Å². The van der Waals surface area contributed by atoms with Gasteiger partial charge in [-0.2, -0.15) is 0 Å². The van der Waals surface area contributed by atoms with Crippen LogP contribution in [0.25, 0.3) is 0 Å². The number of benzene rings is 1. The van der Waals surface area contributed by atoms with Gasteiger partial charge in [-0.3, -0.25) is 4.79 Å². The summed E-state index contributed by atoms with van der Waals surface area (Å²) in [6, 6.07) is 6.59. The van der Waals surface area contributed by atoms with E-state index in [0.717, 1.165) is 0 Å². The number of hydrogen-bond acceptors (Lipinski definition) is 3. The third-order valence-corrected chi connectivity index (χ3v) is 3.03. The normalized spacial score (nSPS) is 10.3. The fourth-order valence-corrected chi connectivity index (χ4v) is 1.94. The first-order valence-electron chi connectivity index (χ1n) is 6.76. The van der Waals surface area contributed by atoms with Crippen molar-refractivity contribution in [3.63, 3.8) is 0 Å². The summed E-state index contributed by atoms with van der Waals surface area (Å²) in [5, 5.41) is 9.10. The molecule has 5 heteroatoms. The molecule has 0 aliphatic rings. The van der Waals surface area contributed by atoms with E-state index in [0.29, 0.717) is 31.9 Å². The lowest BCUT2D eigenvalue weighted by atomic mass is 10.0. The second-order valence-corrected chi connectivity index (χ2v) is 4.31. The maximum atomic E-state index is 12.2. The number of carbonyl (C=O) groups is 2. The third-order valence-electron chi connectivity index (χ3n) is 3.03. The van der Waals surface area contributed by atoms with Gasteiger partial charge in [0.15, 0.2) is 0 Å². The van der Waals surface area contributed by atoms with Crippen LogP contribution in [0, 0.1) is 0 Å². The Hall–Kier alpha value is -1.88. The largest absolute Gasteiger partial charge is 0.478 e. The Morgan fingerprint density at radius 2 is 1.95 bits per heavy atom. The fourth-order valence-electron chi connectivity index (χ4n) is 1.94. The van der Waals surface area contributed by atoms with Gasteiger partial charge in [0.1, 0.15) is 0 Å². The lowest BCUT2D eigenvalue weighted by Crippen LogP contribution is -2.35. The minimum Gasteiger partial charge on any atom is -0.478 e. The molecule has 110 valence electrons. The molecule has 0 spiro atoms. The van der Waals surface area contributed by atoms with E-state index in [1.165, 1.54) is 6.07 Å². The van der Waals surface area contributed by atoms with Crippen LogP contribution in [0.4, 0.5) is 0 Å². The lowest BCUT2D eigenvalue weighted by molar-refractivity contribution is -0.131. The first-order valence-corrected chi connectivity index (χ1v) is 6.76. The standard InChI is InChI=1S/C15H21NO4/c1-3-16(9-10-20-4-2)14(17)11-12-7-5-6-8-13(12)15(18)19/h5-8H,3-4,9-11H2,1-2H3,(H,18,19). The Morgan fingerprint density at radius 1 is 1.25 bits per heavy atom. The molecule has 20 heavy (non-hydrogen) atoms. The van der Waals surface area contributed by atoms with Crippen LogP contribution >= 0.6 is 0 Å². The van der Waals surface area contributed by atoms with Gasteiger partial charge in [0, 0.05) is 19.7 Å². The van der Waals surface area contributed by atoms with Crippen LogP contribution in [0.5, 0.6) is 0 Å². The zero-order chi connectivity index (χ0) is 15.0. The monoisotopic (exact) mass is 279 g/mol. The lowest BCUT2D eigenvalue weighted by Gasteiger charge is -2.21. The molecule has 1 N–H and O–H groups in total. The van der Waals surface area contributed by atoms with Gasteiger partial charge in [0.05, 0.1) is 18.6 Å². The molecule has 0 fully saturated rings. The van der Waals surface area contributed by atoms with Gasteiger partial charge in [-0.25, -0.2) is 4.79 Å². The summed E-state index contributed by atoms with van der Waals surface area (Å²) in [6.07, 6.45) is 0.0996. The Morgan fingerprint density at radius 3 is 2.55 bits per heavy atom. The number of carboxylic acids is 1. The van der Waals surface area contributed by atoms with Gasteiger partial charge < -0.3 is 14.7 Å². The predicted molar refractivity (Wildman–Crippen MR) is 75.9 cm³/mol. The molecule has 0 aromatic heterocycles. The maximum absolute atomic E-state index is 12.2. The number of likely N-dealkylation sites (N-methyl/N-ethyl adjacent to an activating group) is 1. The first kappa shape index (κ1) is 16.2. The van der Waals surface area contributed by atoms with Crippen LogP contribution in [0.3, 0.4) is 0 Å². The van der Waals surface area contributed by atoms with Crippen molar-refractivity contribution >= 4 is 11.9 Å². The summed E-state index contributed by atoms with van der Waals surface area (Å²) in [5.41, 5.74) is 0.724. The smallest absolute Gasteiger partial charge is 0.335 e. The molecule has 0 saturated carbocycles. The molecule has 0 aliphatic carbocycles. The van der Waals surface area contributed by atoms with Gasteiger partial charge in [0.2, 0.25) is 5.91 Å². The van der Waals surface area contributed by atoms with Crippen molar-refractivity contribution in [1.82, 2.24) is 4.90 Å². The summed E-state index contributed by atoms with van der Waals surface area (Å²) in [5.74, 6) is -1.09. The minimum absolute atomic E-state index is 0.0825. The molecule has 1 aromatic carbocycles. The van der Waals surface area contributed by atoms with E-state index >= 15 is 0 Å². The van der Waals surface area contributed by atoms with Crippen LogP contribution in [-0.4, -0.2) is 48.2 Å². The summed E-state index contributed by atoms with van der Waals surface area (Å²) >= 11 is 0. The molecule has 5 nitrogen and oxygen atoms in total. The van der Waals surface area contributed by atoms with Crippen LogP contribution < -0.4 is 0 Å². The zero-order valence-electron chi connectivity index (χ0n) is 12.0. The van der Waals surface area contributed by atoms with Gasteiger partial charge in [0.25, 0.3) is 0 Å². The van der Waals surface area contributed by atoms with E-state index in [9.17, 15) is 9.59 Å². The van der Waals surface area contributed by atoms with Crippen molar-refractivity contribution in [2.24, 2.45) is 0 Å². The summed E-state index contributed by atoms with van der Waals surface area (Å²) < 4.78 is 5.24. The molecule has 0 aliphatic heterocycles. The highest BCUT2D eigenvalue weighted by Crippen LogP contribution is 2.11. The molecule has 0 bridgehead atoms. The fraction of sp³-hybridized carbons (Fsp3) is 0.467. The molecule has 0 unspecified atom stereocenters. The number of aromatic carboxylic acids is 1. The first-order chi connectivity index (χ1) is 9.60. The number of rotatable bonds is 8. The molecule has 0 heterocycles. The highest BCUT2D eigenvalue weighted by Gasteiger charge is 2.16. The minimum atomic E-state index is -1.01. The number of ether oxygens (including phenoxy) is 1. The molecule has 0 atom stereocenters. The molecule has 0 saturated heterocycles. The van der Waals surface area contributed by atoms with Gasteiger partial charge in [-0.1, -0.05) is 18.2 Å². The van der Waals surface area contributed by atoms with E-state index in [-0.39, 0.29) is 17.9 Å². The average Bonchev–Trinajstić information content (AvgIpc) is 2.44. The van der Waals surface area contributed by atoms with Crippen molar-refractivity contribution in [3.8, 4) is 0 Å². The van der Waals surface area contributed by atoms with Crippen LogP contribution in [-0.2, 0) is 16.0 Å². The number of hydrogen-bond donors (Lipinski definition) is 1. The SMILES string of the molecule is CCOCCN(CC)C(=O)Cc1ccccc1C(=O)O. The van der Waals surface area contributed by atoms with Crippen molar-refractivity contribution in [3.05, 3.63) is 35.4 Å². The summed E-state index contributed by atoms with van der Waals surface area (Å²) in [4.78, 5) is 25.0. The highest BCUT2D eigenvalue weighted by molar-refractivity contribution is 5.91. The predicted octanol–water partition coefficient (Wildman–Crippen LogP) is 1.81. The van der Waals surface area contributed by atoms with E-state index < -0.39 is 5.97 Å². The van der Waals surface area contributed by atoms with E-state index in [4.69, 9.17) is 9.84 Å². The Labute approximate surface area is 119 Å². The molecular weight excluding hydrogens is 258 g/mol. The average molecular weight is 279 g/mol. The van der Waals surface area contributed by atoms with E-state index in [1.807, 2.05) is 13.8 Å². The second kappa shape index (κ2) is 8.32. The number of carbonyl (C=O) groups excluding carboxylic acids is 1. The van der Waals surface area contributed by atoms with Gasteiger partial charge in [-0.05, 0) is 25.5 Å². The Bertz CT molecular complexity index is 459. The number of nitrogens with zero attached hydrogens (tertiary/aromatic N) is 1. The summed E-state index contributed by atoms with van der Waals surface area (Å²) in [6.45, 7) is 6.03. The second-order valence-electron chi connectivity index (χ2n) is 4.31. The van der Waals surface area contributed by atoms with Crippen molar-refractivity contribution < 1.29 is 19.4 Å². The van der Waals surface area contributed by atoms with E-state index in [2.05, 4.69) is 0 Å². The van der Waals surface area contributed by atoms with Crippen LogP contribution in [0.2, 0.25) is 0 Å². The van der Waals surface area contributed by atoms with Gasteiger partial charge >= 0.3 is 5.97 Å². The quantitative estimate of drug-likeness (QED) is 0.737. The van der Waals surface area contributed by atoms with Crippen LogP contribution in [0.15, 0.2) is 24.3 Å². The zero-order valence-corrected chi connectivity index (χ0v) is 12.0. The van der Waals surface area contributed by atoms with Crippen molar-refractivity contribution in [2.45, 2.75) is 20.3 Å². The maximum Gasteiger partial charge on any atom is 0.335 e. The van der Waals surface area contributed by atoms with Crippen molar-refractivity contribution in [1.29, 1.82) is 0 Å². The van der Waals surface area contributed by atoms with Crippen LogP contribution in [0.1, 0.15) is 29.8 Å². The van der Waals surface area contributed by atoms with Crippen molar-refractivity contribution in [2.75, 3.05) is 26.3 Å². The molecule has 0 radical (unpaired) electrons. The Balaban J connectivity index is 2.71. The number of carboxylic acid groups (broad SMARTS) is 1. The molecule has 1 aromatic rings. The summed E-state index contributed by atoms with van der Waals surface area (Å²) in [7, 11) is 0. The molecular formula is C15H21NO4. The molecule has 1 rings (SSSR count).